The van der Waals surface area contributed by atoms with Gasteiger partial charge in [-0.15, -0.1) is 11.4 Å². The Kier molecular flexibility index (Phi) is 2.21. The standard InChI is InChI=1S/C10H9N3O2/c1-2-8-4-3-5-9(6-8)12-7-10(11)13(14)15-12/h1,3-7,14H,11H2. The van der Waals surface area contributed by atoms with Gasteiger partial charge in [0.2, 0.25) is 0 Å². The molecule has 0 radical (unpaired) electrons. The number of terminal acetylenes is 1. The number of benzene rings is 1. The van der Waals surface area contributed by atoms with Crippen molar-refractivity contribution in [2.75, 3.05) is 5.06 Å². The second kappa shape index (κ2) is 3.53. The van der Waals surface area contributed by atoms with Crippen LogP contribution < -0.4 is 10.8 Å². The molecule has 5 nitrogen and oxygen atoms in total. The van der Waals surface area contributed by atoms with Gasteiger partial charge < -0.3 is 5.73 Å². The van der Waals surface area contributed by atoms with Crippen molar-refractivity contribution in [1.82, 2.24) is 5.23 Å². The second-order valence-corrected chi connectivity index (χ2v) is 2.93. The fourth-order valence-corrected chi connectivity index (χ4v) is 1.18. The maximum Gasteiger partial charge on any atom is 0.176 e. The summed E-state index contributed by atoms with van der Waals surface area (Å²) in [5, 5.41) is 10.9. The molecule has 0 aromatic heterocycles. The van der Waals surface area contributed by atoms with Crippen LogP contribution >= 0.6 is 0 Å². The van der Waals surface area contributed by atoms with E-state index < -0.39 is 0 Å². The van der Waals surface area contributed by atoms with Crippen LogP contribution in [0.25, 0.3) is 0 Å². The van der Waals surface area contributed by atoms with E-state index in [-0.39, 0.29) is 5.82 Å². The molecule has 0 unspecified atom stereocenters. The van der Waals surface area contributed by atoms with Gasteiger partial charge in [-0.1, -0.05) is 17.2 Å². The SMILES string of the molecule is C#Cc1cccc(N2C=C(N)N(O)O2)c1. The fraction of sp³-hybridized carbons (Fsp3) is 0. The average molecular weight is 203 g/mol. The highest BCUT2D eigenvalue weighted by atomic mass is 17.0. The van der Waals surface area contributed by atoms with E-state index in [0.717, 1.165) is 5.56 Å². The quantitative estimate of drug-likeness (QED) is 0.660. The lowest BCUT2D eigenvalue weighted by molar-refractivity contribution is -0.304. The van der Waals surface area contributed by atoms with E-state index >= 15 is 0 Å². The topological polar surface area (TPSA) is 62.0 Å². The highest BCUT2D eigenvalue weighted by Gasteiger charge is 2.19. The van der Waals surface area contributed by atoms with Gasteiger partial charge in [0.05, 0.1) is 11.9 Å². The molecule has 76 valence electrons. The Balaban J connectivity index is 2.29. The summed E-state index contributed by atoms with van der Waals surface area (Å²) in [6, 6.07) is 7.11. The van der Waals surface area contributed by atoms with Gasteiger partial charge in [-0.3, -0.25) is 5.21 Å². The Bertz CT molecular complexity index is 450. The molecule has 2 rings (SSSR count). The number of hydrogen-bond donors (Lipinski definition) is 2. The molecule has 0 amide bonds. The molecule has 1 heterocycles. The van der Waals surface area contributed by atoms with E-state index in [9.17, 15) is 0 Å². The minimum atomic E-state index is 0.0983. The summed E-state index contributed by atoms with van der Waals surface area (Å²) in [5.41, 5.74) is 6.81. The summed E-state index contributed by atoms with van der Waals surface area (Å²) in [4.78, 5) is 4.90. The minimum absolute atomic E-state index is 0.0983. The summed E-state index contributed by atoms with van der Waals surface area (Å²) in [6.07, 6.45) is 6.70. The average Bonchev–Trinajstić information content (AvgIpc) is 2.59. The van der Waals surface area contributed by atoms with Gasteiger partial charge in [-0.25, -0.2) is 0 Å². The maximum atomic E-state index is 9.09. The molecule has 1 aromatic rings. The predicted octanol–water partition coefficient (Wildman–Crippen LogP) is 0.783. The summed E-state index contributed by atoms with van der Waals surface area (Å²) < 4.78 is 0. The third-order valence-electron chi connectivity index (χ3n) is 1.90. The van der Waals surface area contributed by atoms with Crippen LogP contribution in [0.1, 0.15) is 5.56 Å². The van der Waals surface area contributed by atoms with Crippen molar-refractivity contribution < 1.29 is 10.1 Å². The molecule has 0 fully saturated rings. The van der Waals surface area contributed by atoms with Crippen molar-refractivity contribution in [2.45, 2.75) is 0 Å². The minimum Gasteiger partial charge on any atom is -0.380 e. The number of hydrogen-bond acceptors (Lipinski definition) is 5. The van der Waals surface area contributed by atoms with E-state index in [1.165, 1.54) is 11.3 Å². The van der Waals surface area contributed by atoms with E-state index in [1.54, 1.807) is 24.3 Å². The Morgan fingerprint density at radius 3 is 2.87 bits per heavy atom. The van der Waals surface area contributed by atoms with Gasteiger partial charge >= 0.3 is 0 Å². The van der Waals surface area contributed by atoms with E-state index in [0.29, 0.717) is 10.9 Å². The first-order valence-electron chi connectivity index (χ1n) is 4.21. The van der Waals surface area contributed by atoms with Gasteiger partial charge in [0.1, 0.15) is 0 Å². The molecule has 1 aliphatic heterocycles. The Labute approximate surface area is 86.8 Å². The first-order chi connectivity index (χ1) is 7.20. The summed E-state index contributed by atoms with van der Waals surface area (Å²) in [7, 11) is 0. The van der Waals surface area contributed by atoms with E-state index in [2.05, 4.69) is 5.92 Å². The molecule has 1 aromatic carbocycles. The maximum absolute atomic E-state index is 9.09. The molecule has 0 spiro atoms. The van der Waals surface area contributed by atoms with Crippen LogP contribution in [0.4, 0.5) is 5.69 Å². The third kappa shape index (κ3) is 1.72. The fourth-order valence-electron chi connectivity index (χ4n) is 1.18. The van der Waals surface area contributed by atoms with Crippen LogP contribution in [-0.4, -0.2) is 10.4 Å². The smallest absolute Gasteiger partial charge is 0.176 e. The van der Waals surface area contributed by atoms with Crippen molar-refractivity contribution in [2.24, 2.45) is 5.73 Å². The van der Waals surface area contributed by atoms with Gasteiger partial charge in [-0.05, 0) is 18.2 Å². The zero-order valence-electron chi connectivity index (χ0n) is 7.79. The molecule has 0 atom stereocenters. The van der Waals surface area contributed by atoms with Crippen LogP contribution in [0.5, 0.6) is 0 Å². The summed E-state index contributed by atoms with van der Waals surface area (Å²) in [6.45, 7) is 0. The number of nitrogens with two attached hydrogens (primary N) is 1. The van der Waals surface area contributed by atoms with Crippen molar-refractivity contribution in [3.05, 3.63) is 41.8 Å². The van der Waals surface area contributed by atoms with Crippen LogP contribution in [0, 0.1) is 12.3 Å². The molecule has 0 saturated carbocycles. The molecule has 0 bridgehead atoms. The normalized spacial score (nSPS) is 15.1. The zero-order valence-corrected chi connectivity index (χ0v) is 7.79. The number of hydroxylamine groups is 3. The van der Waals surface area contributed by atoms with Gasteiger partial charge in [0.15, 0.2) is 5.82 Å². The van der Waals surface area contributed by atoms with Crippen molar-refractivity contribution in [1.29, 1.82) is 0 Å². The van der Waals surface area contributed by atoms with Crippen LogP contribution in [0.2, 0.25) is 0 Å². The highest BCUT2D eigenvalue weighted by molar-refractivity contribution is 5.52. The molecule has 0 saturated heterocycles. The van der Waals surface area contributed by atoms with Crippen LogP contribution in [0.15, 0.2) is 36.3 Å². The van der Waals surface area contributed by atoms with Gasteiger partial charge in [0.25, 0.3) is 0 Å². The highest BCUT2D eigenvalue weighted by Crippen LogP contribution is 2.21. The van der Waals surface area contributed by atoms with E-state index in [4.69, 9.17) is 22.3 Å². The third-order valence-corrected chi connectivity index (χ3v) is 1.90. The van der Waals surface area contributed by atoms with Gasteiger partial charge in [0, 0.05) is 5.56 Å². The first kappa shape index (κ1) is 9.40. The lowest BCUT2D eigenvalue weighted by Gasteiger charge is -2.15. The monoisotopic (exact) mass is 203 g/mol. The number of rotatable bonds is 1. The first-order valence-corrected chi connectivity index (χ1v) is 4.21. The molecule has 15 heavy (non-hydrogen) atoms. The van der Waals surface area contributed by atoms with Crippen molar-refractivity contribution in [3.63, 3.8) is 0 Å². The molecule has 1 aliphatic rings. The summed E-state index contributed by atoms with van der Waals surface area (Å²) >= 11 is 0. The molecule has 5 heteroatoms. The van der Waals surface area contributed by atoms with Crippen LogP contribution in [-0.2, 0) is 4.94 Å². The lowest BCUT2D eigenvalue weighted by atomic mass is 10.2. The zero-order chi connectivity index (χ0) is 10.8. The molecular formula is C10H9N3O2. The van der Waals surface area contributed by atoms with Crippen molar-refractivity contribution in [3.8, 4) is 12.3 Å². The second-order valence-electron chi connectivity index (χ2n) is 2.93. The Hall–Kier alpha value is -2.16. The Morgan fingerprint density at radius 1 is 1.47 bits per heavy atom. The van der Waals surface area contributed by atoms with E-state index in [1.807, 2.05) is 0 Å². The number of anilines is 1. The predicted molar refractivity (Wildman–Crippen MR) is 53.8 cm³/mol. The lowest BCUT2D eigenvalue weighted by Crippen LogP contribution is -2.22. The Morgan fingerprint density at radius 2 is 2.27 bits per heavy atom. The molecule has 0 aliphatic carbocycles. The summed E-state index contributed by atoms with van der Waals surface area (Å²) in [5.74, 6) is 2.60. The largest absolute Gasteiger partial charge is 0.380 e. The van der Waals surface area contributed by atoms with Crippen LogP contribution in [0.3, 0.4) is 0 Å². The van der Waals surface area contributed by atoms with Crippen molar-refractivity contribution >= 4 is 5.69 Å². The van der Waals surface area contributed by atoms with Gasteiger partial charge in [-0.2, -0.15) is 5.06 Å². The number of nitrogens with zero attached hydrogens (tertiary/aromatic N) is 2. The molecular weight excluding hydrogens is 194 g/mol. The molecule has 3 N–H and O–H groups in total.